The Morgan fingerprint density at radius 1 is 1.24 bits per heavy atom. The van der Waals surface area contributed by atoms with Gasteiger partial charge in [0.1, 0.15) is 5.69 Å². The molecule has 1 aromatic rings. The molecule has 117 valence electrons. The van der Waals surface area contributed by atoms with Crippen LogP contribution in [-0.4, -0.2) is 11.3 Å². The van der Waals surface area contributed by atoms with Gasteiger partial charge in [0.25, 0.3) is 6.43 Å². The molecule has 0 N–H and O–H groups in total. The van der Waals surface area contributed by atoms with Crippen molar-refractivity contribution < 1.29 is 26.7 Å². The predicted molar refractivity (Wildman–Crippen MR) is 67.1 cm³/mol. The number of alkyl halides is 6. The minimum Gasteiger partial charge on any atom is -0.285 e. The number of hydrogen-bond donors (Lipinski definition) is 0. The minimum absolute atomic E-state index is 0.00204. The summed E-state index contributed by atoms with van der Waals surface area (Å²) >= 11 is 5.58. The summed E-state index contributed by atoms with van der Waals surface area (Å²) < 4.78 is 64.6. The van der Waals surface area contributed by atoms with Crippen LogP contribution in [0, 0.1) is 5.92 Å². The summed E-state index contributed by atoms with van der Waals surface area (Å²) in [6, 6.07) is 0. The maximum Gasteiger partial charge on any atom is 0.434 e. The lowest BCUT2D eigenvalue weighted by atomic mass is 9.92. The highest BCUT2D eigenvalue weighted by Crippen LogP contribution is 2.37. The molecule has 0 aliphatic rings. The van der Waals surface area contributed by atoms with Crippen molar-refractivity contribution in [3.8, 4) is 0 Å². The second-order valence-electron chi connectivity index (χ2n) is 4.81. The Balaban J connectivity index is 3.77. The van der Waals surface area contributed by atoms with E-state index >= 15 is 0 Å². The Morgan fingerprint density at radius 2 is 1.81 bits per heavy atom. The second kappa shape index (κ2) is 6.68. The molecule has 1 aromatic heterocycles. The van der Waals surface area contributed by atoms with Crippen molar-refractivity contribution in [1.82, 2.24) is 4.98 Å². The van der Waals surface area contributed by atoms with E-state index in [0.29, 0.717) is 0 Å². The number of hydrogen-bond acceptors (Lipinski definition) is 2. The third-order valence-corrected chi connectivity index (χ3v) is 3.03. The molecular weight excluding hydrogens is 317 g/mol. The maximum atomic E-state index is 12.9. The van der Waals surface area contributed by atoms with Crippen LogP contribution in [0.5, 0.6) is 0 Å². The van der Waals surface area contributed by atoms with Gasteiger partial charge < -0.3 is 0 Å². The molecule has 0 fully saturated rings. The summed E-state index contributed by atoms with van der Waals surface area (Å²) in [6.45, 7) is 3.37. The van der Waals surface area contributed by atoms with E-state index < -0.39 is 35.4 Å². The molecule has 1 radical (unpaired) electrons. The highest BCUT2D eigenvalue weighted by molar-refractivity contribution is 6.17. The van der Waals surface area contributed by atoms with Crippen molar-refractivity contribution in [2.45, 2.75) is 38.8 Å². The van der Waals surface area contributed by atoms with Crippen molar-refractivity contribution in [3.63, 3.8) is 0 Å². The van der Waals surface area contributed by atoms with Gasteiger partial charge in [-0.1, -0.05) is 13.8 Å². The van der Waals surface area contributed by atoms with Crippen molar-refractivity contribution in [2.75, 3.05) is 0 Å². The van der Waals surface area contributed by atoms with Crippen molar-refractivity contribution >= 4 is 17.9 Å². The molecule has 0 bridgehead atoms. The number of nitrogens with zero attached hydrogens (tertiary/aromatic N) is 1. The van der Waals surface area contributed by atoms with Crippen LogP contribution in [0.4, 0.5) is 22.0 Å². The SMILES string of the molecule is CC(C)Cc1c([C]=O)c(C(F)(F)F)nc(C(F)F)c1CCl. The van der Waals surface area contributed by atoms with E-state index in [0.717, 1.165) is 0 Å². The normalized spacial score (nSPS) is 12.3. The highest BCUT2D eigenvalue weighted by atomic mass is 35.5. The summed E-state index contributed by atoms with van der Waals surface area (Å²) in [4.78, 5) is 13.9. The third kappa shape index (κ3) is 3.90. The fourth-order valence-corrected chi connectivity index (χ4v) is 2.27. The van der Waals surface area contributed by atoms with Gasteiger partial charge in [-0.25, -0.2) is 13.8 Å². The zero-order chi connectivity index (χ0) is 16.4. The number of rotatable bonds is 5. The number of halogens is 6. The van der Waals surface area contributed by atoms with Gasteiger partial charge >= 0.3 is 6.18 Å². The zero-order valence-corrected chi connectivity index (χ0v) is 11.9. The number of aromatic nitrogens is 1. The predicted octanol–water partition coefficient (Wildman–Crippen LogP) is 4.43. The number of pyridine rings is 1. The Labute approximate surface area is 123 Å². The molecule has 0 saturated carbocycles. The van der Waals surface area contributed by atoms with Gasteiger partial charge in [-0.3, -0.25) is 4.79 Å². The van der Waals surface area contributed by atoms with Crippen LogP contribution in [0.1, 0.15) is 48.4 Å². The average Bonchev–Trinajstić information content (AvgIpc) is 2.35. The lowest BCUT2D eigenvalue weighted by Gasteiger charge is -2.19. The van der Waals surface area contributed by atoms with Crippen LogP contribution in [0.25, 0.3) is 0 Å². The lowest BCUT2D eigenvalue weighted by Crippen LogP contribution is -2.19. The standard InChI is InChI=1S/C13H12ClF5NO/c1-6(2)3-7-8(4-14)10(12(15)16)20-11(9(7)5-21)13(17,18)19/h6,12H,3-4H2,1-2H3. The Kier molecular flexibility index (Phi) is 5.67. The summed E-state index contributed by atoms with van der Waals surface area (Å²) in [5, 5.41) is 0. The van der Waals surface area contributed by atoms with Crippen LogP contribution in [0.3, 0.4) is 0 Å². The van der Waals surface area contributed by atoms with E-state index in [4.69, 9.17) is 11.6 Å². The van der Waals surface area contributed by atoms with E-state index in [1.165, 1.54) is 6.29 Å². The molecule has 2 nitrogen and oxygen atoms in total. The molecule has 8 heteroatoms. The molecular formula is C13H12ClF5NO. The largest absolute Gasteiger partial charge is 0.434 e. The van der Waals surface area contributed by atoms with Gasteiger partial charge in [0.05, 0.1) is 5.56 Å². The quantitative estimate of drug-likeness (QED) is 0.591. The topological polar surface area (TPSA) is 30.0 Å². The van der Waals surface area contributed by atoms with Gasteiger partial charge in [-0.05, 0) is 23.5 Å². The average molecular weight is 329 g/mol. The zero-order valence-electron chi connectivity index (χ0n) is 11.2. The van der Waals surface area contributed by atoms with Gasteiger partial charge in [0.15, 0.2) is 5.69 Å². The second-order valence-corrected chi connectivity index (χ2v) is 5.08. The van der Waals surface area contributed by atoms with Crippen molar-refractivity contribution in [2.24, 2.45) is 5.92 Å². The van der Waals surface area contributed by atoms with E-state index in [2.05, 4.69) is 4.98 Å². The van der Waals surface area contributed by atoms with Gasteiger partial charge in [0.2, 0.25) is 6.29 Å². The fourth-order valence-electron chi connectivity index (χ4n) is 1.97. The summed E-state index contributed by atoms with van der Waals surface area (Å²) in [5.41, 5.74) is -3.90. The van der Waals surface area contributed by atoms with Gasteiger partial charge in [0, 0.05) is 5.88 Å². The molecule has 21 heavy (non-hydrogen) atoms. The van der Waals surface area contributed by atoms with Crippen LogP contribution < -0.4 is 0 Å². The first-order chi connectivity index (χ1) is 9.63. The smallest absolute Gasteiger partial charge is 0.285 e. The Hall–Kier alpha value is -1.24. The molecule has 0 spiro atoms. The number of carbonyl (C=O) groups excluding carboxylic acids is 1. The maximum absolute atomic E-state index is 12.9. The first-order valence-electron chi connectivity index (χ1n) is 5.98. The van der Waals surface area contributed by atoms with Gasteiger partial charge in [-0.15, -0.1) is 11.6 Å². The molecule has 0 atom stereocenters. The van der Waals surface area contributed by atoms with Crippen molar-refractivity contribution in [3.05, 3.63) is 28.1 Å². The molecule has 0 aliphatic carbocycles. The fraction of sp³-hybridized carbons (Fsp3) is 0.538. The molecule has 1 heterocycles. The minimum atomic E-state index is -5.02. The molecule has 0 saturated heterocycles. The molecule has 0 amide bonds. The summed E-state index contributed by atoms with van der Waals surface area (Å²) in [5.74, 6) is -0.616. The van der Waals surface area contributed by atoms with E-state index in [-0.39, 0.29) is 23.5 Å². The van der Waals surface area contributed by atoms with Crippen LogP contribution >= 0.6 is 11.6 Å². The molecule has 0 aromatic carbocycles. The van der Waals surface area contributed by atoms with Crippen LogP contribution in [0.15, 0.2) is 0 Å². The molecule has 0 aliphatic heterocycles. The van der Waals surface area contributed by atoms with Crippen LogP contribution in [-0.2, 0) is 23.3 Å². The Morgan fingerprint density at radius 3 is 2.14 bits per heavy atom. The molecule has 1 rings (SSSR count). The monoisotopic (exact) mass is 328 g/mol. The van der Waals surface area contributed by atoms with E-state index in [1.54, 1.807) is 13.8 Å². The van der Waals surface area contributed by atoms with Crippen molar-refractivity contribution in [1.29, 1.82) is 0 Å². The summed E-state index contributed by atoms with van der Waals surface area (Å²) in [7, 11) is 0. The van der Waals surface area contributed by atoms with E-state index in [9.17, 15) is 26.7 Å². The lowest BCUT2D eigenvalue weighted by molar-refractivity contribution is -0.141. The third-order valence-electron chi connectivity index (χ3n) is 2.77. The van der Waals surface area contributed by atoms with Gasteiger partial charge in [-0.2, -0.15) is 13.2 Å². The Bertz CT molecular complexity index is 528. The first-order valence-corrected chi connectivity index (χ1v) is 6.52. The highest BCUT2D eigenvalue weighted by Gasteiger charge is 2.39. The molecule has 0 unspecified atom stereocenters. The first kappa shape index (κ1) is 17.8. The summed E-state index contributed by atoms with van der Waals surface area (Å²) in [6.07, 6.45) is -7.06. The van der Waals surface area contributed by atoms with E-state index in [1.807, 2.05) is 0 Å². The van der Waals surface area contributed by atoms with Crippen LogP contribution in [0.2, 0.25) is 0 Å².